The normalized spacial score (nSPS) is 18.5. The van der Waals surface area contributed by atoms with E-state index in [1.165, 1.54) is 37.5 Å². The van der Waals surface area contributed by atoms with Gasteiger partial charge in [-0.1, -0.05) is 45.0 Å². The van der Waals surface area contributed by atoms with E-state index in [4.69, 9.17) is 14.1 Å². The van der Waals surface area contributed by atoms with Crippen molar-refractivity contribution in [2.24, 2.45) is 11.3 Å². The zero-order valence-corrected chi connectivity index (χ0v) is 31.4. The minimum Gasteiger partial charge on any atom is -0.478 e. The molecule has 2 bridgehead atoms. The molecule has 3 fully saturated rings. The smallest absolute Gasteiger partial charge is 0.335 e. The Balaban J connectivity index is 0.00000464. The summed E-state index contributed by atoms with van der Waals surface area (Å²) in [7, 11) is -4.24. The number of carboxylic acids is 1. The number of rotatable bonds is 13. The summed E-state index contributed by atoms with van der Waals surface area (Å²) < 4.78 is 41.6. The van der Waals surface area contributed by atoms with Gasteiger partial charge in [0.25, 0.3) is 10.0 Å². The van der Waals surface area contributed by atoms with Crippen LogP contribution in [0.1, 0.15) is 79.4 Å². The van der Waals surface area contributed by atoms with Gasteiger partial charge in [-0.3, -0.25) is 0 Å². The molecule has 3 heterocycles. The highest BCUT2D eigenvalue weighted by Crippen LogP contribution is 2.66. The molecule has 8 rings (SSSR count). The van der Waals surface area contributed by atoms with Crippen molar-refractivity contribution in [3.05, 3.63) is 88.9 Å². The average molecular weight is 747 g/mol. The standard InChI is InChI=1S/C38H42N6O6S.ClH/c1-22-8-6-9-23(2)33(22)29-14-32(43-36(42-29)44-51(47,48)28-11-7-10-25(12-28)35(45)46)49-21-26(18-38-15-24(16-38)17-38)39-19-27-20-40-34-30(41-27)13-31(50-34)37(3,4)5;/h6-14,20,24,26,39H,15-19,21H2,1-5H3,(H,45,46)(H,42,43,44);1H/t24?,26-,38?;/m1./s1. The monoisotopic (exact) mass is 746 g/mol. The maximum absolute atomic E-state index is 13.4. The van der Waals surface area contributed by atoms with Crippen LogP contribution in [0.15, 0.2) is 70.1 Å². The highest BCUT2D eigenvalue weighted by Gasteiger charge is 2.56. The summed E-state index contributed by atoms with van der Waals surface area (Å²) in [6.45, 7) is 10.9. The largest absolute Gasteiger partial charge is 0.478 e. The maximum Gasteiger partial charge on any atom is 0.335 e. The van der Waals surface area contributed by atoms with Crippen LogP contribution in [0.5, 0.6) is 5.88 Å². The molecule has 1 atom stereocenters. The summed E-state index contributed by atoms with van der Waals surface area (Å²) in [6, 6.07) is 14.6. The number of aryl methyl sites for hydroxylation is 2. The molecule has 274 valence electrons. The number of aromatic nitrogens is 4. The van der Waals surface area contributed by atoms with E-state index in [9.17, 15) is 18.3 Å². The van der Waals surface area contributed by atoms with Crippen LogP contribution in [0.4, 0.5) is 5.95 Å². The predicted octanol–water partition coefficient (Wildman–Crippen LogP) is 7.24. The van der Waals surface area contributed by atoms with Gasteiger partial charge in [0.1, 0.15) is 17.9 Å². The second kappa shape index (κ2) is 14.1. The molecule has 3 aromatic heterocycles. The maximum atomic E-state index is 13.4. The van der Waals surface area contributed by atoms with Crippen LogP contribution in [-0.4, -0.2) is 52.1 Å². The van der Waals surface area contributed by atoms with Crippen LogP contribution in [0.3, 0.4) is 0 Å². The number of carboxylic acid groups (broad SMARTS) is 1. The molecule has 5 aromatic rings. The van der Waals surface area contributed by atoms with E-state index in [0.717, 1.165) is 52.1 Å². The molecule has 52 heavy (non-hydrogen) atoms. The van der Waals surface area contributed by atoms with Gasteiger partial charge < -0.3 is 19.6 Å². The third kappa shape index (κ3) is 7.76. The Bertz CT molecular complexity index is 2220. The van der Waals surface area contributed by atoms with E-state index in [-0.39, 0.29) is 52.8 Å². The number of ether oxygens (including phenoxy) is 1. The summed E-state index contributed by atoms with van der Waals surface area (Å²) in [6.07, 6.45) is 6.32. The molecule has 0 aliphatic heterocycles. The Hall–Kier alpha value is -4.59. The number of aromatic carboxylic acids is 1. The van der Waals surface area contributed by atoms with Gasteiger partial charge in [0.05, 0.1) is 28.0 Å². The number of halogens is 1. The Morgan fingerprint density at radius 1 is 1.04 bits per heavy atom. The molecule has 14 heteroatoms. The molecule has 0 spiro atoms. The lowest BCUT2D eigenvalue weighted by Crippen LogP contribution is -2.55. The SMILES string of the molecule is Cc1cccc(C)c1-c1cc(OC[C@@H](CC23CC(C2)C3)NCc2cnc3oc(C(C)(C)C)cc3n2)nc(NS(=O)(=O)c2cccc(C(=O)O)c2)n1.Cl. The third-order valence-electron chi connectivity index (χ3n) is 9.93. The molecule has 0 amide bonds. The highest BCUT2D eigenvalue weighted by atomic mass is 35.5. The van der Waals surface area contributed by atoms with Crippen LogP contribution < -0.4 is 14.8 Å². The van der Waals surface area contributed by atoms with E-state index >= 15 is 0 Å². The lowest BCUT2D eigenvalue weighted by atomic mass is 9.43. The van der Waals surface area contributed by atoms with Crippen molar-refractivity contribution in [2.75, 3.05) is 11.3 Å². The molecule has 0 saturated heterocycles. The van der Waals surface area contributed by atoms with Crippen LogP contribution in [0.2, 0.25) is 0 Å². The Morgan fingerprint density at radius 3 is 2.40 bits per heavy atom. The molecule has 3 aliphatic carbocycles. The summed E-state index contributed by atoms with van der Waals surface area (Å²) >= 11 is 0. The number of nitrogens with one attached hydrogen (secondary N) is 2. The van der Waals surface area contributed by atoms with Gasteiger partial charge in [-0.25, -0.2) is 32.9 Å². The Labute approximate surface area is 309 Å². The van der Waals surface area contributed by atoms with Gasteiger partial charge in [-0.05, 0) is 80.2 Å². The number of furan rings is 1. The average Bonchev–Trinajstić information content (AvgIpc) is 3.47. The van der Waals surface area contributed by atoms with Crippen LogP contribution in [0.25, 0.3) is 22.5 Å². The van der Waals surface area contributed by atoms with E-state index < -0.39 is 16.0 Å². The van der Waals surface area contributed by atoms with Crippen LogP contribution in [-0.2, 0) is 22.0 Å². The van der Waals surface area contributed by atoms with Gasteiger partial charge >= 0.3 is 5.97 Å². The van der Waals surface area contributed by atoms with Crippen molar-refractivity contribution >= 4 is 45.6 Å². The second-order valence-electron chi connectivity index (χ2n) is 15.1. The zero-order valence-electron chi connectivity index (χ0n) is 29.8. The number of sulfonamides is 1. The third-order valence-corrected chi connectivity index (χ3v) is 11.3. The van der Waals surface area contributed by atoms with Gasteiger partial charge in [0.15, 0.2) is 0 Å². The highest BCUT2D eigenvalue weighted by molar-refractivity contribution is 7.92. The zero-order chi connectivity index (χ0) is 36.1. The van der Waals surface area contributed by atoms with Crippen molar-refractivity contribution in [3.8, 4) is 17.1 Å². The number of hydrogen-bond acceptors (Lipinski definition) is 10. The molecule has 0 unspecified atom stereocenters. The Kier molecular flexibility index (Phi) is 10.1. The number of nitrogens with zero attached hydrogens (tertiary/aromatic N) is 4. The van der Waals surface area contributed by atoms with E-state index in [1.54, 1.807) is 12.3 Å². The minimum atomic E-state index is -4.24. The van der Waals surface area contributed by atoms with E-state index in [1.807, 2.05) is 38.1 Å². The van der Waals surface area contributed by atoms with Crippen molar-refractivity contribution in [2.45, 2.75) is 83.2 Å². The summed E-state index contributed by atoms with van der Waals surface area (Å²) in [5.74, 6) is 0.442. The lowest BCUT2D eigenvalue weighted by molar-refractivity contribution is -0.119. The first kappa shape index (κ1) is 37.2. The predicted molar refractivity (Wildman–Crippen MR) is 199 cm³/mol. The summed E-state index contributed by atoms with van der Waals surface area (Å²) in [4.78, 5) is 29.7. The van der Waals surface area contributed by atoms with E-state index in [2.05, 4.69) is 45.8 Å². The van der Waals surface area contributed by atoms with Crippen molar-refractivity contribution in [1.82, 2.24) is 25.3 Å². The first-order chi connectivity index (χ1) is 24.2. The van der Waals surface area contributed by atoms with Gasteiger partial charge in [-0.2, -0.15) is 4.98 Å². The molecular weight excluding hydrogens is 704 g/mol. The summed E-state index contributed by atoms with van der Waals surface area (Å²) in [5.41, 5.74) is 5.27. The number of benzene rings is 2. The molecule has 12 nitrogen and oxygen atoms in total. The fourth-order valence-electron chi connectivity index (χ4n) is 7.24. The fourth-order valence-corrected chi connectivity index (χ4v) is 8.23. The molecule has 0 radical (unpaired) electrons. The van der Waals surface area contributed by atoms with Gasteiger partial charge in [0, 0.05) is 35.7 Å². The topological polar surface area (TPSA) is 169 Å². The molecule has 3 N–H and O–H groups in total. The van der Waals surface area contributed by atoms with E-state index in [0.29, 0.717) is 23.4 Å². The van der Waals surface area contributed by atoms with Crippen molar-refractivity contribution in [1.29, 1.82) is 0 Å². The van der Waals surface area contributed by atoms with Gasteiger partial charge in [0.2, 0.25) is 17.5 Å². The first-order valence-electron chi connectivity index (χ1n) is 17.1. The quantitative estimate of drug-likeness (QED) is 0.111. The molecular formula is C38H43ClN6O6S. The number of anilines is 1. The molecule has 2 aromatic carbocycles. The van der Waals surface area contributed by atoms with Gasteiger partial charge in [-0.15, -0.1) is 12.4 Å². The molecule has 3 saturated carbocycles. The van der Waals surface area contributed by atoms with Crippen LogP contribution in [0, 0.1) is 25.2 Å². The van der Waals surface area contributed by atoms with Crippen LogP contribution >= 0.6 is 12.4 Å². The number of fused-ring (bicyclic) bond motifs is 1. The van der Waals surface area contributed by atoms with Crippen molar-refractivity contribution < 1.29 is 27.5 Å². The lowest BCUT2D eigenvalue weighted by Gasteiger charge is -2.63. The minimum absolute atomic E-state index is 0. The first-order valence-corrected chi connectivity index (χ1v) is 18.6. The van der Waals surface area contributed by atoms with Crippen molar-refractivity contribution in [3.63, 3.8) is 0 Å². The number of carbonyl (C=O) groups is 1. The summed E-state index contributed by atoms with van der Waals surface area (Å²) in [5, 5.41) is 13.1. The fraction of sp³-hybridized carbons (Fsp3) is 0.395. The Morgan fingerprint density at radius 2 is 1.75 bits per heavy atom. The molecule has 3 aliphatic rings. The number of hydrogen-bond donors (Lipinski definition) is 3. The second-order valence-corrected chi connectivity index (χ2v) is 16.8.